The molecule has 0 radical (unpaired) electrons. The highest BCUT2D eigenvalue weighted by atomic mass is 35.5. The smallest absolute Gasteiger partial charge is 0.338 e. The summed E-state index contributed by atoms with van der Waals surface area (Å²) in [7, 11) is 0. The lowest BCUT2D eigenvalue weighted by atomic mass is 10.2. The number of hydrogen-bond acceptors (Lipinski definition) is 5. The first-order valence-electron chi connectivity index (χ1n) is 8.11. The Labute approximate surface area is 173 Å². The Hall–Kier alpha value is -3.23. The summed E-state index contributed by atoms with van der Waals surface area (Å²) in [6.45, 7) is -0.522. The molecule has 0 saturated carbocycles. The molecule has 0 fully saturated rings. The van der Waals surface area contributed by atoms with Gasteiger partial charge in [0.2, 0.25) is 0 Å². The van der Waals surface area contributed by atoms with Gasteiger partial charge in [-0.2, -0.15) is 9.78 Å². The first-order chi connectivity index (χ1) is 13.8. The summed E-state index contributed by atoms with van der Waals surface area (Å²) in [5, 5.41) is 6.22. The van der Waals surface area contributed by atoms with E-state index in [1.807, 2.05) is 0 Å². The third-order valence-corrected chi connectivity index (χ3v) is 4.43. The minimum absolute atomic E-state index is 0.0343. The Morgan fingerprint density at radius 2 is 1.72 bits per heavy atom. The molecule has 0 aliphatic carbocycles. The molecule has 0 atom stereocenters. The zero-order valence-corrected chi connectivity index (χ0v) is 16.1. The number of hydrogen-bond donors (Lipinski definition) is 1. The fraction of sp³-hybridized carbons (Fsp3) is 0.0526. The quantitative estimate of drug-likeness (QED) is 0.619. The van der Waals surface area contributed by atoms with Gasteiger partial charge in [-0.25, -0.2) is 9.18 Å². The van der Waals surface area contributed by atoms with E-state index in [0.29, 0.717) is 11.4 Å². The predicted octanol–water partition coefficient (Wildman–Crippen LogP) is 3.47. The number of nitrogens with zero attached hydrogens (tertiary/aromatic N) is 2. The van der Waals surface area contributed by atoms with Crippen LogP contribution in [0.1, 0.15) is 10.4 Å². The molecule has 1 heterocycles. The average molecular weight is 436 g/mol. The Balaban J connectivity index is 1.62. The molecule has 1 amide bonds. The molecule has 10 heteroatoms. The van der Waals surface area contributed by atoms with Crippen molar-refractivity contribution in [2.75, 3.05) is 11.9 Å². The lowest BCUT2D eigenvalue weighted by molar-refractivity contribution is -0.119. The van der Waals surface area contributed by atoms with Crippen LogP contribution in [0.2, 0.25) is 10.0 Å². The number of carbonyl (C=O) groups is 2. The number of amides is 1. The Kier molecular flexibility index (Phi) is 6.26. The van der Waals surface area contributed by atoms with E-state index >= 15 is 0 Å². The molecular formula is C19H12Cl2FN3O4. The molecule has 0 bridgehead atoms. The number of esters is 1. The number of nitrogens with one attached hydrogen (secondary N) is 1. The maximum atomic E-state index is 12.8. The van der Waals surface area contributed by atoms with Crippen molar-refractivity contribution < 1.29 is 18.7 Å². The van der Waals surface area contributed by atoms with Crippen molar-refractivity contribution in [3.8, 4) is 5.69 Å². The van der Waals surface area contributed by atoms with Crippen molar-refractivity contribution in [2.24, 2.45) is 0 Å². The predicted molar refractivity (Wildman–Crippen MR) is 105 cm³/mol. The van der Waals surface area contributed by atoms with Crippen LogP contribution in [0, 0.1) is 5.82 Å². The van der Waals surface area contributed by atoms with E-state index in [2.05, 4.69) is 10.4 Å². The van der Waals surface area contributed by atoms with Gasteiger partial charge in [0.1, 0.15) is 10.8 Å². The Morgan fingerprint density at radius 3 is 2.38 bits per heavy atom. The van der Waals surface area contributed by atoms with E-state index in [4.69, 9.17) is 27.9 Å². The fourth-order valence-electron chi connectivity index (χ4n) is 2.28. The van der Waals surface area contributed by atoms with Crippen LogP contribution in [0.5, 0.6) is 0 Å². The largest absolute Gasteiger partial charge is 0.452 e. The van der Waals surface area contributed by atoms with Crippen molar-refractivity contribution in [1.29, 1.82) is 0 Å². The summed E-state index contributed by atoms with van der Waals surface area (Å²) >= 11 is 11.6. The zero-order valence-electron chi connectivity index (χ0n) is 14.6. The van der Waals surface area contributed by atoms with Gasteiger partial charge in [-0.1, -0.05) is 23.2 Å². The molecule has 1 N–H and O–H groups in total. The molecule has 0 saturated heterocycles. The number of aromatic nitrogens is 2. The molecule has 3 aromatic rings. The molecule has 2 aromatic carbocycles. The number of carbonyl (C=O) groups excluding carboxylic acids is 2. The van der Waals surface area contributed by atoms with Gasteiger partial charge in [-0.3, -0.25) is 9.59 Å². The molecule has 29 heavy (non-hydrogen) atoms. The zero-order chi connectivity index (χ0) is 21.0. The second-order valence-electron chi connectivity index (χ2n) is 5.70. The van der Waals surface area contributed by atoms with Crippen molar-refractivity contribution >= 4 is 40.8 Å². The Morgan fingerprint density at radius 1 is 1.07 bits per heavy atom. The number of ether oxygens (including phenoxy) is 1. The second kappa shape index (κ2) is 8.85. The minimum atomic E-state index is -0.736. The highest BCUT2D eigenvalue weighted by molar-refractivity contribution is 6.41. The van der Waals surface area contributed by atoms with Gasteiger partial charge in [0.15, 0.2) is 6.61 Å². The first kappa shape index (κ1) is 20.5. The molecule has 3 rings (SSSR count). The number of rotatable bonds is 5. The summed E-state index contributed by atoms with van der Waals surface area (Å²) in [6, 6.07) is 10.9. The van der Waals surface area contributed by atoms with Crippen molar-refractivity contribution in [2.45, 2.75) is 0 Å². The lowest BCUT2D eigenvalue weighted by Crippen LogP contribution is -2.22. The highest BCUT2D eigenvalue weighted by Gasteiger charge is 2.13. The van der Waals surface area contributed by atoms with E-state index in [1.54, 1.807) is 0 Å². The van der Waals surface area contributed by atoms with Crippen LogP contribution >= 0.6 is 23.2 Å². The highest BCUT2D eigenvalue weighted by Crippen LogP contribution is 2.16. The van der Waals surface area contributed by atoms with Crippen molar-refractivity contribution in [1.82, 2.24) is 9.78 Å². The molecule has 148 valence electrons. The van der Waals surface area contributed by atoms with Gasteiger partial charge in [-0.05, 0) is 48.5 Å². The summed E-state index contributed by atoms with van der Waals surface area (Å²) in [6.07, 6.45) is 1.23. The molecule has 0 aliphatic heterocycles. The molecular weight excluding hydrogens is 424 g/mol. The summed E-state index contributed by atoms with van der Waals surface area (Å²) in [4.78, 5) is 36.0. The van der Waals surface area contributed by atoms with Gasteiger partial charge >= 0.3 is 5.97 Å². The molecule has 0 unspecified atom stereocenters. The monoisotopic (exact) mass is 435 g/mol. The summed E-state index contributed by atoms with van der Waals surface area (Å²) < 4.78 is 18.8. The van der Waals surface area contributed by atoms with Crippen molar-refractivity contribution in [3.63, 3.8) is 0 Å². The average Bonchev–Trinajstić information content (AvgIpc) is 2.72. The van der Waals surface area contributed by atoms with Crippen LogP contribution in [0.4, 0.5) is 10.1 Å². The van der Waals surface area contributed by atoms with E-state index in [0.717, 1.165) is 4.68 Å². The molecule has 0 aliphatic rings. The fourth-order valence-corrected chi connectivity index (χ4v) is 2.53. The maximum Gasteiger partial charge on any atom is 0.338 e. The normalized spacial score (nSPS) is 10.4. The standard InChI is InChI=1S/C19H12Cl2FN3O4/c20-15-9-23-25(18(27)17(15)21)14-7-1-11(2-8-14)19(28)29-10-16(26)24-13-5-3-12(22)4-6-13/h1-9H,10H2,(H,24,26). The van der Waals surface area contributed by atoms with Crippen LogP contribution < -0.4 is 10.9 Å². The summed E-state index contributed by atoms with van der Waals surface area (Å²) in [5.41, 5.74) is 0.291. The van der Waals surface area contributed by atoms with E-state index in [9.17, 15) is 18.8 Å². The van der Waals surface area contributed by atoms with E-state index in [1.165, 1.54) is 54.7 Å². The van der Waals surface area contributed by atoms with Gasteiger partial charge in [0, 0.05) is 5.69 Å². The van der Waals surface area contributed by atoms with Gasteiger partial charge < -0.3 is 10.1 Å². The SMILES string of the molecule is O=C(COC(=O)c1ccc(-n2ncc(Cl)c(Cl)c2=O)cc1)Nc1ccc(F)cc1. The van der Waals surface area contributed by atoms with Crippen LogP contribution in [-0.4, -0.2) is 28.3 Å². The number of benzene rings is 2. The van der Waals surface area contributed by atoms with Crippen LogP contribution in [0.15, 0.2) is 59.5 Å². The number of anilines is 1. The van der Waals surface area contributed by atoms with Crippen molar-refractivity contribution in [3.05, 3.63) is 86.5 Å². The van der Waals surface area contributed by atoms with Gasteiger partial charge in [0.25, 0.3) is 11.5 Å². The number of halogens is 3. The maximum absolute atomic E-state index is 12.8. The van der Waals surface area contributed by atoms with E-state index in [-0.39, 0.29) is 15.6 Å². The van der Waals surface area contributed by atoms with Crippen LogP contribution in [0.25, 0.3) is 5.69 Å². The van der Waals surface area contributed by atoms with E-state index < -0.39 is 29.9 Å². The minimum Gasteiger partial charge on any atom is -0.452 e. The van der Waals surface area contributed by atoms with Crippen LogP contribution in [0.3, 0.4) is 0 Å². The van der Waals surface area contributed by atoms with Gasteiger partial charge in [-0.15, -0.1) is 0 Å². The second-order valence-corrected chi connectivity index (χ2v) is 6.49. The van der Waals surface area contributed by atoms with Crippen LogP contribution in [-0.2, 0) is 9.53 Å². The molecule has 1 aromatic heterocycles. The van der Waals surface area contributed by atoms with Gasteiger partial charge in [0.05, 0.1) is 22.5 Å². The summed E-state index contributed by atoms with van der Waals surface area (Å²) in [5.74, 6) is -1.75. The first-order valence-corrected chi connectivity index (χ1v) is 8.87. The third-order valence-electron chi connectivity index (χ3n) is 3.69. The molecule has 0 spiro atoms. The topological polar surface area (TPSA) is 90.3 Å². The third kappa shape index (κ3) is 4.98. The lowest BCUT2D eigenvalue weighted by Gasteiger charge is -2.08. The Bertz CT molecular complexity index is 1120. The molecule has 7 nitrogen and oxygen atoms in total.